The fourth-order valence-electron chi connectivity index (χ4n) is 2.65. The Morgan fingerprint density at radius 1 is 1.33 bits per heavy atom. The Morgan fingerprint density at radius 2 is 2.00 bits per heavy atom. The molecule has 1 heterocycles. The largest absolute Gasteiger partial charge is 0.350 e. The van der Waals surface area contributed by atoms with Crippen LogP contribution in [0.4, 0.5) is 8.78 Å². The maximum Gasteiger partial charge on any atom is 0.238 e. The molecule has 1 aromatic rings. The van der Waals surface area contributed by atoms with Gasteiger partial charge in [0.15, 0.2) is 21.5 Å². The first-order valence-corrected chi connectivity index (χ1v) is 9.30. The predicted octanol–water partition coefficient (Wildman–Crippen LogP) is 1.38. The van der Waals surface area contributed by atoms with Gasteiger partial charge in [0.1, 0.15) is 5.25 Å². The van der Waals surface area contributed by atoms with E-state index in [0.717, 1.165) is 18.4 Å². The number of amides is 1. The molecule has 1 aliphatic rings. The SMILES string of the molecule is CC(C(=O)NC1CNCCC1c1ccc(F)c(F)c1)S(C)(=O)=O.Cl. The van der Waals surface area contributed by atoms with Crippen LogP contribution >= 0.6 is 12.4 Å². The second-order valence-electron chi connectivity index (χ2n) is 5.86. The Kier molecular flexibility index (Phi) is 7.12. The zero-order valence-corrected chi connectivity index (χ0v) is 15.0. The van der Waals surface area contributed by atoms with E-state index < -0.39 is 32.6 Å². The second-order valence-corrected chi connectivity index (χ2v) is 8.23. The third-order valence-corrected chi connectivity index (χ3v) is 5.69. The van der Waals surface area contributed by atoms with Crippen LogP contribution in [0.3, 0.4) is 0 Å². The Bertz CT molecular complexity index is 700. The molecule has 5 nitrogen and oxygen atoms in total. The molecule has 0 aliphatic carbocycles. The molecule has 0 aromatic heterocycles. The Labute approximate surface area is 146 Å². The van der Waals surface area contributed by atoms with E-state index >= 15 is 0 Å². The fraction of sp³-hybridized carbons (Fsp3) is 0.533. The van der Waals surface area contributed by atoms with Gasteiger partial charge in [0.25, 0.3) is 0 Å². The molecular formula is C15H21ClF2N2O3S. The molecule has 3 unspecified atom stereocenters. The fourth-order valence-corrected chi connectivity index (χ4v) is 3.10. The van der Waals surface area contributed by atoms with E-state index in [9.17, 15) is 22.0 Å². The number of nitrogens with one attached hydrogen (secondary N) is 2. The summed E-state index contributed by atoms with van der Waals surface area (Å²) in [5.41, 5.74) is 0.586. The molecule has 0 saturated carbocycles. The van der Waals surface area contributed by atoms with Crippen LogP contribution in [0.5, 0.6) is 0 Å². The van der Waals surface area contributed by atoms with Crippen molar-refractivity contribution in [1.82, 2.24) is 10.6 Å². The number of sulfone groups is 1. The van der Waals surface area contributed by atoms with Gasteiger partial charge in [0, 0.05) is 24.8 Å². The average molecular weight is 383 g/mol. The van der Waals surface area contributed by atoms with E-state index in [1.165, 1.54) is 13.0 Å². The van der Waals surface area contributed by atoms with E-state index in [4.69, 9.17) is 0 Å². The first kappa shape index (κ1) is 20.8. The highest BCUT2D eigenvalue weighted by molar-refractivity contribution is 7.92. The van der Waals surface area contributed by atoms with Gasteiger partial charge >= 0.3 is 0 Å². The molecule has 0 spiro atoms. The Balaban J connectivity index is 0.00000288. The van der Waals surface area contributed by atoms with Crippen LogP contribution in [0, 0.1) is 11.6 Å². The summed E-state index contributed by atoms with van der Waals surface area (Å²) < 4.78 is 49.5. The second kappa shape index (κ2) is 8.22. The number of carbonyl (C=O) groups excluding carboxylic acids is 1. The van der Waals surface area contributed by atoms with E-state index in [1.807, 2.05) is 0 Å². The molecule has 1 amide bonds. The molecule has 1 aromatic carbocycles. The van der Waals surface area contributed by atoms with Crippen LogP contribution in [-0.4, -0.2) is 45.0 Å². The number of hydrogen-bond donors (Lipinski definition) is 2. The van der Waals surface area contributed by atoms with Gasteiger partial charge in [-0.15, -0.1) is 12.4 Å². The van der Waals surface area contributed by atoms with Crippen molar-refractivity contribution in [2.75, 3.05) is 19.3 Å². The standard InChI is InChI=1S/C15H20F2N2O3S.ClH/c1-9(23(2,21)22)15(20)19-14-8-18-6-5-11(14)10-3-4-12(16)13(17)7-10;/h3-4,7,9,11,14,18H,5-6,8H2,1-2H3,(H,19,20);1H. The molecule has 1 fully saturated rings. The summed E-state index contributed by atoms with van der Waals surface area (Å²) in [6.07, 6.45) is 1.63. The van der Waals surface area contributed by atoms with Gasteiger partial charge in [-0.05, 0) is 37.6 Å². The Hall–Kier alpha value is -1.25. The van der Waals surface area contributed by atoms with Gasteiger partial charge in [0.05, 0.1) is 0 Å². The van der Waals surface area contributed by atoms with E-state index in [-0.39, 0.29) is 24.4 Å². The number of rotatable bonds is 4. The summed E-state index contributed by atoms with van der Waals surface area (Å²) >= 11 is 0. The molecule has 2 N–H and O–H groups in total. The van der Waals surface area contributed by atoms with E-state index in [0.29, 0.717) is 25.1 Å². The van der Waals surface area contributed by atoms with Crippen LogP contribution in [0.25, 0.3) is 0 Å². The smallest absolute Gasteiger partial charge is 0.238 e. The summed E-state index contributed by atoms with van der Waals surface area (Å²) in [5, 5.41) is 4.67. The van der Waals surface area contributed by atoms with Gasteiger partial charge in [-0.25, -0.2) is 17.2 Å². The summed E-state index contributed by atoms with van der Waals surface area (Å²) in [6.45, 7) is 2.44. The molecule has 3 atom stereocenters. The average Bonchev–Trinajstić information content (AvgIpc) is 2.49. The minimum Gasteiger partial charge on any atom is -0.350 e. The molecule has 24 heavy (non-hydrogen) atoms. The Morgan fingerprint density at radius 3 is 2.58 bits per heavy atom. The maximum absolute atomic E-state index is 13.5. The molecule has 9 heteroatoms. The quantitative estimate of drug-likeness (QED) is 0.825. The van der Waals surface area contributed by atoms with Gasteiger partial charge < -0.3 is 10.6 Å². The van der Waals surface area contributed by atoms with Crippen LogP contribution in [0.15, 0.2) is 18.2 Å². The molecular weight excluding hydrogens is 362 g/mol. The summed E-state index contributed by atoms with van der Waals surface area (Å²) in [4.78, 5) is 12.1. The highest BCUT2D eigenvalue weighted by atomic mass is 35.5. The monoisotopic (exact) mass is 382 g/mol. The summed E-state index contributed by atoms with van der Waals surface area (Å²) in [7, 11) is -3.49. The first-order valence-electron chi connectivity index (χ1n) is 7.35. The highest BCUT2D eigenvalue weighted by Gasteiger charge is 2.31. The predicted molar refractivity (Wildman–Crippen MR) is 90.1 cm³/mol. The minimum atomic E-state index is -3.49. The summed E-state index contributed by atoms with van der Waals surface area (Å²) in [5.74, 6) is -2.65. The van der Waals surface area contributed by atoms with Crippen molar-refractivity contribution in [3.63, 3.8) is 0 Å². The van der Waals surface area contributed by atoms with Crippen molar-refractivity contribution in [2.24, 2.45) is 0 Å². The van der Waals surface area contributed by atoms with Gasteiger partial charge in [0.2, 0.25) is 5.91 Å². The highest BCUT2D eigenvalue weighted by Crippen LogP contribution is 2.27. The van der Waals surface area contributed by atoms with Crippen molar-refractivity contribution >= 4 is 28.2 Å². The molecule has 0 radical (unpaired) electrons. The van der Waals surface area contributed by atoms with Gasteiger partial charge in [-0.3, -0.25) is 4.79 Å². The van der Waals surface area contributed by atoms with Gasteiger partial charge in [-0.2, -0.15) is 0 Å². The minimum absolute atomic E-state index is 0. The lowest BCUT2D eigenvalue weighted by Gasteiger charge is -2.33. The van der Waals surface area contributed by atoms with E-state index in [1.54, 1.807) is 0 Å². The van der Waals surface area contributed by atoms with Crippen LogP contribution in [0.2, 0.25) is 0 Å². The van der Waals surface area contributed by atoms with Crippen molar-refractivity contribution in [1.29, 1.82) is 0 Å². The van der Waals surface area contributed by atoms with Crippen LogP contribution in [-0.2, 0) is 14.6 Å². The summed E-state index contributed by atoms with van der Waals surface area (Å²) in [6, 6.07) is 3.30. The number of benzene rings is 1. The molecule has 1 aliphatic heterocycles. The maximum atomic E-state index is 13.5. The van der Waals surface area contributed by atoms with Crippen molar-refractivity contribution in [3.8, 4) is 0 Å². The van der Waals surface area contributed by atoms with E-state index in [2.05, 4.69) is 10.6 Å². The number of halogens is 3. The van der Waals surface area contributed by atoms with Crippen molar-refractivity contribution < 1.29 is 22.0 Å². The molecule has 136 valence electrons. The lowest BCUT2D eigenvalue weighted by Crippen LogP contribution is -2.52. The number of hydrogen-bond acceptors (Lipinski definition) is 4. The third kappa shape index (κ3) is 4.87. The molecule has 2 rings (SSSR count). The van der Waals surface area contributed by atoms with Gasteiger partial charge in [-0.1, -0.05) is 6.07 Å². The molecule has 1 saturated heterocycles. The molecule has 0 bridgehead atoms. The van der Waals surface area contributed by atoms with Crippen LogP contribution < -0.4 is 10.6 Å². The lowest BCUT2D eigenvalue weighted by molar-refractivity contribution is -0.121. The number of carbonyl (C=O) groups is 1. The van der Waals surface area contributed by atoms with Crippen molar-refractivity contribution in [2.45, 2.75) is 30.6 Å². The van der Waals surface area contributed by atoms with Crippen molar-refractivity contribution in [3.05, 3.63) is 35.4 Å². The lowest BCUT2D eigenvalue weighted by atomic mass is 9.86. The zero-order chi connectivity index (χ0) is 17.2. The third-order valence-electron chi connectivity index (χ3n) is 4.19. The van der Waals surface area contributed by atoms with Crippen LogP contribution in [0.1, 0.15) is 24.8 Å². The first-order chi connectivity index (χ1) is 10.7. The normalized spacial score (nSPS) is 22.3. The zero-order valence-electron chi connectivity index (χ0n) is 13.4. The number of piperidine rings is 1. The topological polar surface area (TPSA) is 75.3 Å².